The standard InChI is InChI=1S/C9H18NO3P/c1-7(2)9(12)13-14-8(11)6-10(3,4)5/h8,11H,1,6H2,2-5H3. The van der Waals surface area contributed by atoms with Crippen molar-refractivity contribution in [3.63, 3.8) is 0 Å². The second-order valence-electron chi connectivity index (χ2n) is 4.22. The third-order valence-electron chi connectivity index (χ3n) is 1.32. The zero-order valence-electron chi connectivity index (χ0n) is 9.15. The van der Waals surface area contributed by atoms with Crippen LogP contribution in [0, 0.1) is 0 Å². The largest absolute Gasteiger partial charge is 0.639 e. The maximum atomic E-state index is 11.0. The van der Waals surface area contributed by atoms with Crippen LogP contribution in [0.2, 0.25) is 0 Å². The summed E-state index contributed by atoms with van der Waals surface area (Å²) in [5.41, 5.74) is 0.343. The van der Waals surface area contributed by atoms with Gasteiger partial charge in [-0.2, -0.15) is 0 Å². The van der Waals surface area contributed by atoms with E-state index in [-0.39, 0.29) is 8.81 Å². The number of aliphatic hydroxyl groups is 1. The molecule has 0 aliphatic heterocycles. The summed E-state index contributed by atoms with van der Waals surface area (Å²) < 4.78 is 5.41. The highest BCUT2D eigenvalue weighted by Gasteiger charge is 2.09. The van der Waals surface area contributed by atoms with Crippen LogP contribution in [0.1, 0.15) is 6.92 Å². The first-order chi connectivity index (χ1) is 6.22. The molecule has 0 aromatic heterocycles. The van der Waals surface area contributed by atoms with Gasteiger partial charge in [0.05, 0.1) is 27.7 Å². The fraction of sp³-hybridized carbons (Fsp3) is 0.667. The van der Waals surface area contributed by atoms with Gasteiger partial charge in [0, 0.05) is 11.4 Å². The summed E-state index contributed by atoms with van der Waals surface area (Å²) in [6, 6.07) is 0. The van der Waals surface area contributed by atoms with Gasteiger partial charge in [0.25, 0.3) is 0 Å². The van der Waals surface area contributed by atoms with E-state index in [2.05, 4.69) is 6.58 Å². The lowest BCUT2D eigenvalue weighted by molar-refractivity contribution is -0.871. The van der Waals surface area contributed by atoms with Crippen LogP contribution in [0.15, 0.2) is 12.2 Å². The van der Waals surface area contributed by atoms with Gasteiger partial charge in [-0.05, 0) is 6.92 Å². The molecule has 1 N–H and O–H groups in total. The van der Waals surface area contributed by atoms with Crippen molar-refractivity contribution in [2.45, 2.75) is 12.8 Å². The zero-order chi connectivity index (χ0) is 11.4. The van der Waals surface area contributed by atoms with Crippen LogP contribution in [0.3, 0.4) is 0 Å². The summed E-state index contributed by atoms with van der Waals surface area (Å²) in [7, 11) is 6.15. The number of carbonyl (C=O) groups excluding carboxylic acids is 1. The summed E-state index contributed by atoms with van der Waals surface area (Å²) >= 11 is 0. The molecule has 0 amide bonds. The van der Waals surface area contributed by atoms with Crippen molar-refractivity contribution >= 4 is 14.8 Å². The highest BCUT2D eigenvalue weighted by atomic mass is 31.1. The molecule has 0 saturated heterocycles. The molecule has 1 unspecified atom stereocenters. The number of carbonyl (C=O) groups is 1. The van der Waals surface area contributed by atoms with E-state index >= 15 is 0 Å². The van der Waals surface area contributed by atoms with E-state index in [0.29, 0.717) is 16.6 Å². The Balaban J connectivity index is 3.80. The van der Waals surface area contributed by atoms with Gasteiger partial charge >= 0.3 is 5.97 Å². The second kappa shape index (κ2) is 5.44. The molecule has 5 heteroatoms. The van der Waals surface area contributed by atoms with Gasteiger partial charge in [-0.3, -0.25) is 8.81 Å². The number of nitrogens with zero attached hydrogens (tertiary/aromatic N) is 1. The first kappa shape index (κ1) is 13.6. The number of quaternary nitrogens is 1. The topological polar surface area (TPSA) is 46.5 Å². The van der Waals surface area contributed by atoms with Crippen LogP contribution in [-0.2, 0) is 9.32 Å². The van der Waals surface area contributed by atoms with Gasteiger partial charge in [-0.15, -0.1) is 0 Å². The lowest BCUT2D eigenvalue weighted by Crippen LogP contribution is -2.40. The summed E-state index contributed by atoms with van der Waals surface area (Å²) in [5, 5.41) is 9.48. The summed E-state index contributed by atoms with van der Waals surface area (Å²) in [5.74, 6) is -1.12. The van der Waals surface area contributed by atoms with E-state index in [1.165, 1.54) is 0 Å². The Morgan fingerprint density at radius 3 is 2.43 bits per heavy atom. The van der Waals surface area contributed by atoms with Gasteiger partial charge in [0.15, 0.2) is 0 Å². The first-order valence-corrected chi connectivity index (χ1v) is 5.16. The van der Waals surface area contributed by atoms with E-state index in [9.17, 15) is 9.90 Å². The lowest BCUT2D eigenvalue weighted by Gasteiger charge is -2.32. The zero-order valence-corrected chi connectivity index (χ0v) is 10.0. The molecular weight excluding hydrogens is 201 g/mol. The molecule has 1 atom stereocenters. The molecule has 0 heterocycles. The van der Waals surface area contributed by atoms with E-state index in [1.54, 1.807) is 6.92 Å². The molecule has 0 aliphatic rings. The van der Waals surface area contributed by atoms with Crippen LogP contribution < -0.4 is 0 Å². The Labute approximate surface area is 87.0 Å². The van der Waals surface area contributed by atoms with E-state index in [4.69, 9.17) is 4.52 Å². The quantitative estimate of drug-likeness (QED) is 0.426. The number of hydrogen-bond donors (Lipinski definition) is 1. The predicted molar refractivity (Wildman–Crippen MR) is 56.7 cm³/mol. The molecule has 0 fully saturated rings. The van der Waals surface area contributed by atoms with Crippen molar-refractivity contribution in [1.82, 2.24) is 0 Å². The van der Waals surface area contributed by atoms with Gasteiger partial charge in [-0.25, -0.2) is 4.79 Å². The Kier molecular flexibility index (Phi) is 5.27. The van der Waals surface area contributed by atoms with Crippen LogP contribution in [-0.4, -0.2) is 49.1 Å². The Hall–Kier alpha value is -0.440. The van der Waals surface area contributed by atoms with E-state index < -0.39 is 11.8 Å². The number of aliphatic hydroxyl groups excluding tert-OH is 1. The van der Waals surface area contributed by atoms with E-state index in [1.807, 2.05) is 21.1 Å². The molecule has 14 heavy (non-hydrogen) atoms. The molecule has 0 aromatic carbocycles. The fourth-order valence-electron chi connectivity index (χ4n) is 0.710. The van der Waals surface area contributed by atoms with Crippen molar-refractivity contribution in [3.8, 4) is 0 Å². The molecule has 4 nitrogen and oxygen atoms in total. The highest BCUT2D eigenvalue weighted by Crippen LogP contribution is 2.21. The Morgan fingerprint density at radius 1 is 1.57 bits per heavy atom. The third kappa shape index (κ3) is 7.01. The van der Waals surface area contributed by atoms with Crippen molar-refractivity contribution in [1.29, 1.82) is 0 Å². The van der Waals surface area contributed by atoms with Crippen molar-refractivity contribution in [3.05, 3.63) is 12.2 Å². The Morgan fingerprint density at radius 2 is 2.07 bits per heavy atom. The minimum Gasteiger partial charge on any atom is -0.639 e. The second-order valence-corrected chi connectivity index (χ2v) is 5.21. The molecule has 0 rings (SSSR count). The smallest absolute Gasteiger partial charge is 0.301 e. The van der Waals surface area contributed by atoms with Crippen LogP contribution in [0.4, 0.5) is 0 Å². The summed E-state index contributed by atoms with van der Waals surface area (Å²) in [6.45, 7) is 5.55. The van der Waals surface area contributed by atoms with Crippen molar-refractivity contribution in [2.75, 3.05) is 27.7 Å². The average molecular weight is 219 g/mol. The molecule has 0 saturated carbocycles. The van der Waals surface area contributed by atoms with E-state index in [0.717, 1.165) is 0 Å². The molecule has 0 aromatic rings. The monoisotopic (exact) mass is 219 g/mol. The maximum absolute atomic E-state index is 11.0. The molecule has 0 aliphatic carbocycles. The van der Waals surface area contributed by atoms with Gasteiger partial charge in [-0.1, -0.05) is 6.58 Å². The molecule has 0 spiro atoms. The minimum absolute atomic E-state index is 0.276. The molecule has 82 valence electrons. The molecular formula is C9H18NO3P. The van der Waals surface area contributed by atoms with Gasteiger partial charge < -0.3 is 14.1 Å². The minimum atomic E-state index is -0.654. The van der Waals surface area contributed by atoms with Crippen molar-refractivity contribution < 1.29 is 18.9 Å². The normalized spacial score (nSPS) is 14.4. The van der Waals surface area contributed by atoms with Crippen molar-refractivity contribution in [2.24, 2.45) is 0 Å². The van der Waals surface area contributed by atoms with Crippen LogP contribution >= 0.6 is 8.81 Å². The van der Waals surface area contributed by atoms with Gasteiger partial charge in [0.2, 0.25) is 0 Å². The number of hydrogen-bond acceptors (Lipinski definition) is 3. The molecule has 0 radical (unpaired) electrons. The number of rotatable bonds is 5. The number of likely N-dealkylation sites (N-methyl/N-ethyl adjacent to an activating group) is 1. The highest BCUT2D eigenvalue weighted by molar-refractivity contribution is 7.33. The lowest BCUT2D eigenvalue weighted by atomic mass is 10.4. The fourth-order valence-corrected chi connectivity index (χ4v) is 1.64. The third-order valence-corrected chi connectivity index (χ3v) is 1.99. The van der Waals surface area contributed by atoms with Gasteiger partial charge in [0.1, 0.15) is 0 Å². The summed E-state index contributed by atoms with van der Waals surface area (Å²) in [6.07, 6.45) is 0. The van der Waals surface area contributed by atoms with Crippen LogP contribution in [0.25, 0.3) is 0 Å². The predicted octanol–water partition coefficient (Wildman–Crippen LogP) is 0.992. The molecule has 0 bridgehead atoms. The Bertz CT molecular complexity index is 223. The SMILES string of the molecule is C=C(C)C(=O)O[P-]C(O)C[N+](C)(C)C. The average Bonchev–Trinajstić information content (AvgIpc) is 1.96. The maximum Gasteiger partial charge on any atom is 0.301 e. The first-order valence-electron chi connectivity index (χ1n) is 4.28. The van der Waals surface area contributed by atoms with Crippen LogP contribution in [0.5, 0.6) is 0 Å². The summed E-state index contributed by atoms with van der Waals surface area (Å²) in [4.78, 5) is 11.0.